The van der Waals surface area contributed by atoms with Crippen LogP contribution >= 0.6 is 0 Å². The first-order valence-electron chi connectivity index (χ1n) is 9.63. The summed E-state index contributed by atoms with van der Waals surface area (Å²) in [7, 11) is 3.96. The van der Waals surface area contributed by atoms with E-state index in [0.29, 0.717) is 12.2 Å². The Hall–Kier alpha value is -2.60. The number of nitrogens with one attached hydrogen (secondary N) is 2. The molecule has 1 aromatic heterocycles. The zero-order chi connectivity index (χ0) is 19.1. The predicted octanol–water partition coefficient (Wildman–Crippen LogP) is 3.11. The van der Waals surface area contributed by atoms with E-state index < -0.39 is 0 Å². The summed E-state index contributed by atoms with van der Waals surface area (Å²) in [5.74, 6) is -0.152. The van der Waals surface area contributed by atoms with Crippen LogP contribution in [0.15, 0.2) is 42.6 Å². The van der Waals surface area contributed by atoms with Crippen molar-refractivity contribution in [3.63, 3.8) is 0 Å². The number of piperidine rings is 1. The standard InChI is InChI=1S/C21H29N5O/c1-25(2)15-12-23-21(27)20-16-18(10-11-22-20)24-17-6-8-19(9-7-17)26-13-4-3-5-14-26/h6-11,16H,3-5,12-15H2,1-2H3,(H,22,24)(H,23,27). The number of amides is 1. The van der Waals surface area contributed by atoms with Gasteiger partial charge in [-0.1, -0.05) is 0 Å². The minimum absolute atomic E-state index is 0.152. The minimum atomic E-state index is -0.152. The molecule has 0 aliphatic carbocycles. The average Bonchev–Trinajstić information content (AvgIpc) is 2.69. The molecule has 1 aliphatic heterocycles. The first-order chi connectivity index (χ1) is 13.1. The van der Waals surface area contributed by atoms with Crippen LogP contribution in [0, 0.1) is 0 Å². The number of nitrogens with zero attached hydrogens (tertiary/aromatic N) is 3. The summed E-state index contributed by atoms with van der Waals surface area (Å²) in [6.45, 7) is 3.68. The molecule has 27 heavy (non-hydrogen) atoms. The van der Waals surface area contributed by atoms with Crippen LogP contribution in [0.3, 0.4) is 0 Å². The van der Waals surface area contributed by atoms with Gasteiger partial charge in [0.2, 0.25) is 0 Å². The molecule has 1 amide bonds. The Labute approximate surface area is 161 Å². The van der Waals surface area contributed by atoms with Crippen molar-refractivity contribution in [2.75, 3.05) is 50.5 Å². The van der Waals surface area contributed by atoms with Gasteiger partial charge in [-0.15, -0.1) is 0 Å². The van der Waals surface area contributed by atoms with Crippen LogP contribution in [-0.2, 0) is 0 Å². The smallest absolute Gasteiger partial charge is 0.269 e. The summed E-state index contributed by atoms with van der Waals surface area (Å²) in [6.07, 6.45) is 5.54. The first kappa shape index (κ1) is 19.2. The molecule has 0 radical (unpaired) electrons. The van der Waals surface area contributed by atoms with Gasteiger partial charge in [-0.25, -0.2) is 0 Å². The fourth-order valence-electron chi connectivity index (χ4n) is 3.19. The van der Waals surface area contributed by atoms with Crippen molar-refractivity contribution in [3.8, 4) is 0 Å². The molecule has 2 heterocycles. The molecule has 0 atom stereocenters. The van der Waals surface area contributed by atoms with E-state index in [9.17, 15) is 4.79 Å². The maximum atomic E-state index is 12.2. The minimum Gasteiger partial charge on any atom is -0.372 e. The highest BCUT2D eigenvalue weighted by Crippen LogP contribution is 2.23. The van der Waals surface area contributed by atoms with Crippen LogP contribution in [0.4, 0.5) is 17.1 Å². The third-order valence-electron chi connectivity index (χ3n) is 4.71. The Balaban J connectivity index is 1.59. The average molecular weight is 367 g/mol. The molecule has 0 bridgehead atoms. The third-order valence-corrected chi connectivity index (χ3v) is 4.71. The summed E-state index contributed by atoms with van der Waals surface area (Å²) in [6, 6.07) is 12.1. The van der Waals surface area contributed by atoms with E-state index in [2.05, 4.69) is 44.8 Å². The lowest BCUT2D eigenvalue weighted by molar-refractivity contribution is 0.0946. The first-order valence-corrected chi connectivity index (χ1v) is 9.63. The Morgan fingerprint density at radius 2 is 1.81 bits per heavy atom. The van der Waals surface area contributed by atoms with Gasteiger partial charge in [0.15, 0.2) is 0 Å². The fourth-order valence-corrected chi connectivity index (χ4v) is 3.19. The maximum absolute atomic E-state index is 12.2. The second-order valence-corrected chi connectivity index (χ2v) is 7.21. The number of hydrogen-bond acceptors (Lipinski definition) is 5. The van der Waals surface area contributed by atoms with E-state index in [1.165, 1.54) is 24.9 Å². The molecule has 6 heteroatoms. The van der Waals surface area contributed by atoms with E-state index in [4.69, 9.17) is 0 Å². The number of hydrogen-bond donors (Lipinski definition) is 2. The fraction of sp³-hybridized carbons (Fsp3) is 0.429. The monoisotopic (exact) mass is 367 g/mol. The molecule has 2 N–H and O–H groups in total. The van der Waals surface area contributed by atoms with Gasteiger partial charge in [-0.3, -0.25) is 9.78 Å². The van der Waals surface area contributed by atoms with Crippen molar-refractivity contribution in [2.45, 2.75) is 19.3 Å². The SMILES string of the molecule is CN(C)CCNC(=O)c1cc(Nc2ccc(N3CCCCC3)cc2)ccn1. The van der Waals surface area contributed by atoms with Crippen LogP contribution in [0.5, 0.6) is 0 Å². The second-order valence-electron chi connectivity index (χ2n) is 7.21. The zero-order valence-electron chi connectivity index (χ0n) is 16.2. The van der Waals surface area contributed by atoms with E-state index in [0.717, 1.165) is 31.0 Å². The van der Waals surface area contributed by atoms with Crippen molar-refractivity contribution >= 4 is 23.0 Å². The molecule has 2 aromatic rings. The Morgan fingerprint density at radius 3 is 2.52 bits per heavy atom. The third kappa shape index (κ3) is 5.69. The molecule has 1 saturated heterocycles. The molecular formula is C21H29N5O. The lowest BCUT2D eigenvalue weighted by atomic mass is 10.1. The molecular weight excluding hydrogens is 338 g/mol. The van der Waals surface area contributed by atoms with Crippen molar-refractivity contribution in [1.82, 2.24) is 15.2 Å². The predicted molar refractivity (Wildman–Crippen MR) is 111 cm³/mol. The van der Waals surface area contributed by atoms with Crippen LogP contribution in [0.2, 0.25) is 0 Å². The number of anilines is 3. The van der Waals surface area contributed by atoms with E-state index in [1.807, 2.05) is 25.1 Å². The lowest BCUT2D eigenvalue weighted by Crippen LogP contribution is -2.31. The molecule has 144 valence electrons. The second kappa shape index (κ2) is 9.37. The summed E-state index contributed by atoms with van der Waals surface area (Å²) in [5, 5.41) is 6.25. The van der Waals surface area contributed by atoms with Crippen molar-refractivity contribution in [1.29, 1.82) is 0 Å². The maximum Gasteiger partial charge on any atom is 0.269 e. The summed E-state index contributed by atoms with van der Waals surface area (Å²) >= 11 is 0. The Morgan fingerprint density at radius 1 is 1.07 bits per heavy atom. The van der Waals surface area contributed by atoms with Crippen molar-refractivity contribution < 1.29 is 4.79 Å². The summed E-state index contributed by atoms with van der Waals surface area (Å²) in [4.78, 5) is 20.9. The van der Waals surface area contributed by atoms with Crippen LogP contribution < -0.4 is 15.5 Å². The quantitative estimate of drug-likeness (QED) is 0.787. The number of carbonyl (C=O) groups excluding carboxylic acids is 1. The van der Waals surface area contributed by atoms with Crippen LogP contribution in [0.1, 0.15) is 29.8 Å². The Kier molecular flexibility index (Phi) is 6.65. The molecule has 1 aromatic carbocycles. The normalized spacial score (nSPS) is 14.3. The number of rotatable bonds is 7. The van der Waals surface area contributed by atoms with Gasteiger partial charge < -0.3 is 20.4 Å². The molecule has 0 spiro atoms. The number of likely N-dealkylation sites (N-methyl/N-ethyl adjacent to an activating group) is 1. The molecule has 0 saturated carbocycles. The van der Waals surface area contributed by atoms with Gasteiger partial charge in [0.05, 0.1) is 0 Å². The Bertz CT molecular complexity index is 738. The van der Waals surface area contributed by atoms with Crippen LogP contribution in [-0.4, -0.2) is 56.1 Å². The van der Waals surface area contributed by atoms with E-state index in [1.54, 1.807) is 12.3 Å². The number of carbonyl (C=O) groups is 1. The number of benzene rings is 1. The molecule has 1 aliphatic rings. The molecule has 3 rings (SSSR count). The van der Waals surface area contributed by atoms with Gasteiger partial charge in [-0.2, -0.15) is 0 Å². The van der Waals surface area contributed by atoms with Gasteiger partial charge in [0, 0.05) is 49.4 Å². The van der Waals surface area contributed by atoms with E-state index in [-0.39, 0.29) is 5.91 Å². The molecule has 0 unspecified atom stereocenters. The van der Waals surface area contributed by atoms with Crippen molar-refractivity contribution in [3.05, 3.63) is 48.3 Å². The highest BCUT2D eigenvalue weighted by Gasteiger charge is 2.11. The van der Waals surface area contributed by atoms with E-state index >= 15 is 0 Å². The van der Waals surface area contributed by atoms with Gasteiger partial charge in [-0.05, 0) is 69.8 Å². The topological polar surface area (TPSA) is 60.5 Å². The lowest BCUT2D eigenvalue weighted by Gasteiger charge is -2.28. The highest BCUT2D eigenvalue weighted by atomic mass is 16.1. The van der Waals surface area contributed by atoms with Gasteiger partial charge in [0.25, 0.3) is 5.91 Å². The number of pyridine rings is 1. The summed E-state index contributed by atoms with van der Waals surface area (Å²) < 4.78 is 0. The van der Waals surface area contributed by atoms with Gasteiger partial charge >= 0.3 is 0 Å². The highest BCUT2D eigenvalue weighted by molar-refractivity contribution is 5.93. The molecule has 6 nitrogen and oxygen atoms in total. The zero-order valence-corrected chi connectivity index (χ0v) is 16.2. The van der Waals surface area contributed by atoms with Crippen molar-refractivity contribution in [2.24, 2.45) is 0 Å². The largest absolute Gasteiger partial charge is 0.372 e. The summed E-state index contributed by atoms with van der Waals surface area (Å²) in [5.41, 5.74) is 3.55. The number of aromatic nitrogens is 1. The van der Waals surface area contributed by atoms with Crippen LogP contribution in [0.25, 0.3) is 0 Å². The molecule has 1 fully saturated rings. The van der Waals surface area contributed by atoms with Gasteiger partial charge in [0.1, 0.15) is 5.69 Å².